The van der Waals surface area contributed by atoms with Crippen molar-refractivity contribution in [3.63, 3.8) is 0 Å². The molecule has 1 fully saturated rings. The summed E-state index contributed by atoms with van der Waals surface area (Å²) >= 11 is 0. The number of hydrogen-bond acceptors (Lipinski definition) is 6. The van der Waals surface area contributed by atoms with E-state index in [0.29, 0.717) is 67.5 Å². The monoisotopic (exact) mass is 481 g/mol. The second kappa shape index (κ2) is 10.6. The van der Waals surface area contributed by atoms with E-state index in [1.807, 2.05) is 29.2 Å². The Balaban J connectivity index is 1.39. The number of aryl methyl sites for hydroxylation is 1. The second-order valence-electron chi connectivity index (χ2n) is 8.31. The quantitative estimate of drug-likeness (QED) is 0.532. The summed E-state index contributed by atoms with van der Waals surface area (Å²) in [5.74, 6) is 2.37. The Labute approximate surface area is 204 Å². The maximum absolute atomic E-state index is 13.2. The van der Waals surface area contributed by atoms with Gasteiger partial charge in [-0.2, -0.15) is 0 Å². The number of piperazine rings is 1. The van der Waals surface area contributed by atoms with Crippen molar-refractivity contribution in [1.29, 1.82) is 0 Å². The lowest BCUT2D eigenvalue weighted by molar-refractivity contribution is -0.132. The van der Waals surface area contributed by atoms with Crippen LogP contribution in [-0.2, 0) is 11.2 Å². The van der Waals surface area contributed by atoms with Crippen LogP contribution in [0.15, 0.2) is 36.4 Å². The first-order valence-corrected chi connectivity index (χ1v) is 11.5. The number of carbonyl (C=O) groups is 2. The number of H-pyrrole nitrogens is 1. The first kappa shape index (κ1) is 24.3. The molecule has 2 aromatic carbocycles. The summed E-state index contributed by atoms with van der Waals surface area (Å²) in [6.07, 6.45) is 1.11. The molecule has 0 bridgehead atoms. The van der Waals surface area contributed by atoms with Gasteiger partial charge in [0.2, 0.25) is 5.91 Å². The van der Waals surface area contributed by atoms with Crippen molar-refractivity contribution < 1.29 is 28.5 Å². The molecule has 35 heavy (non-hydrogen) atoms. The Morgan fingerprint density at radius 1 is 0.829 bits per heavy atom. The van der Waals surface area contributed by atoms with Gasteiger partial charge >= 0.3 is 0 Å². The summed E-state index contributed by atoms with van der Waals surface area (Å²) in [5, 5.41) is 0.737. The number of rotatable bonds is 8. The van der Waals surface area contributed by atoms with Gasteiger partial charge < -0.3 is 33.7 Å². The van der Waals surface area contributed by atoms with E-state index in [1.54, 1.807) is 45.5 Å². The van der Waals surface area contributed by atoms with Gasteiger partial charge in [-0.15, -0.1) is 0 Å². The molecule has 4 rings (SSSR count). The van der Waals surface area contributed by atoms with Gasteiger partial charge in [0, 0.05) is 44.1 Å². The lowest BCUT2D eigenvalue weighted by atomic mass is 10.1. The van der Waals surface area contributed by atoms with Crippen LogP contribution in [0.4, 0.5) is 0 Å². The van der Waals surface area contributed by atoms with Crippen LogP contribution in [-0.4, -0.2) is 81.2 Å². The minimum Gasteiger partial charge on any atom is -0.497 e. The smallest absolute Gasteiger partial charge is 0.270 e. The molecule has 0 saturated carbocycles. The molecule has 0 radical (unpaired) electrons. The van der Waals surface area contributed by atoms with E-state index in [2.05, 4.69) is 4.98 Å². The predicted octanol–water partition coefficient (Wildman–Crippen LogP) is 3.12. The molecule has 1 aliphatic rings. The number of benzene rings is 2. The third-order valence-corrected chi connectivity index (χ3v) is 6.38. The molecule has 9 nitrogen and oxygen atoms in total. The molecular weight excluding hydrogens is 450 g/mol. The Kier molecular flexibility index (Phi) is 7.33. The number of methoxy groups -OCH3 is 4. The number of nitrogens with zero attached hydrogens (tertiary/aromatic N) is 2. The number of aromatic nitrogens is 1. The molecular formula is C26H31N3O6. The van der Waals surface area contributed by atoms with E-state index >= 15 is 0 Å². The molecule has 2 amide bonds. The Hall–Kier alpha value is -3.88. The standard InChI is InChI=1S/C26H31N3O6/c1-32-18-8-5-17(6-9-18)7-10-23(30)28-11-13-29(14-12-28)26(31)20-15-19-21(33-2)16-22(34-3)25(35-4)24(19)27-20/h5-6,8-9,15-16,27H,7,10-14H2,1-4H3. The van der Waals surface area contributed by atoms with Gasteiger partial charge in [0.25, 0.3) is 5.91 Å². The third-order valence-electron chi connectivity index (χ3n) is 6.38. The molecule has 0 atom stereocenters. The van der Waals surface area contributed by atoms with Crippen LogP contribution in [0.5, 0.6) is 23.0 Å². The van der Waals surface area contributed by atoms with Gasteiger partial charge in [0.05, 0.1) is 34.0 Å². The van der Waals surface area contributed by atoms with Crippen LogP contribution in [0.2, 0.25) is 0 Å². The fraction of sp³-hybridized carbons (Fsp3) is 0.385. The number of carbonyl (C=O) groups excluding carboxylic acids is 2. The van der Waals surface area contributed by atoms with Crippen molar-refractivity contribution in [1.82, 2.24) is 14.8 Å². The summed E-state index contributed by atoms with van der Waals surface area (Å²) in [6, 6.07) is 11.3. The fourth-order valence-electron chi connectivity index (χ4n) is 4.38. The average Bonchev–Trinajstić information content (AvgIpc) is 3.36. The lowest BCUT2D eigenvalue weighted by Gasteiger charge is -2.34. The zero-order valence-corrected chi connectivity index (χ0v) is 20.6. The molecule has 3 aromatic rings. The van der Waals surface area contributed by atoms with Gasteiger partial charge in [-0.05, 0) is 30.2 Å². The average molecular weight is 482 g/mol. The van der Waals surface area contributed by atoms with Crippen LogP contribution in [0, 0.1) is 0 Å². The predicted molar refractivity (Wildman–Crippen MR) is 132 cm³/mol. The van der Waals surface area contributed by atoms with E-state index in [-0.39, 0.29) is 11.8 Å². The van der Waals surface area contributed by atoms with Crippen LogP contribution in [0.25, 0.3) is 10.9 Å². The van der Waals surface area contributed by atoms with E-state index in [0.717, 1.165) is 16.7 Å². The van der Waals surface area contributed by atoms with E-state index in [4.69, 9.17) is 18.9 Å². The summed E-state index contributed by atoms with van der Waals surface area (Å²) in [7, 11) is 6.30. The number of fused-ring (bicyclic) bond motifs is 1. The minimum absolute atomic E-state index is 0.0973. The molecule has 186 valence electrons. The summed E-state index contributed by atoms with van der Waals surface area (Å²) in [5.41, 5.74) is 2.16. The topological polar surface area (TPSA) is 93.3 Å². The van der Waals surface area contributed by atoms with Gasteiger partial charge in [0.15, 0.2) is 11.5 Å². The Morgan fingerprint density at radius 2 is 1.49 bits per heavy atom. The molecule has 1 saturated heterocycles. The van der Waals surface area contributed by atoms with Crippen molar-refractivity contribution in [2.24, 2.45) is 0 Å². The second-order valence-corrected chi connectivity index (χ2v) is 8.31. The SMILES string of the molecule is COc1ccc(CCC(=O)N2CCN(C(=O)c3cc4c(OC)cc(OC)c(OC)c4[nH]3)CC2)cc1. The maximum Gasteiger partial charge on any atom is 0.270 e. The van der Waals surface area contributed by atoms with Crippen LogP contribution in [0.3, 0.4) is 0 Å². The summed E-state index contributed by atoms with van der Waals surface area (Å²) in [6.45, 7) is 1.96. The summed E-state index contributed by atoms with van der Waals surface area (Å²) in [4.78, 5) is 32.7. The largest absolute Gasteiger partial charge is 0.497 e. The highest BCUT2D eigenvalue weighted by Gasteiger charge is 2.27. The minimum atomic E-state index is -0.130. The molecule has 9 heteroatoms. The highest BCUT2D eigenvalue weighted by Crippen LogP contribution is 2.41. The number of amides is 2. The van der Waals surface area contributed by atoms with Gasteiger partial charge in [0.1, 0.15) is 17.2 Å². The molecule has 1 N–H and O–H groups in total. The highest BCUT2D eigenvalue weighted by atomic mass is 16.5. The highest BCUT2D eigenvalue weighted by molar-refractivity contribution is 6.02. The molecule has 0 unspecified atom stereocenters. The first-order valence-electron chi connectivity index (χ1n) is 11.5. The number of aromatic amines is 1. The van der Waals surface area contributed by atoms with Crippen LogP contribution in [0.1, 0.15) is 22.5 Å². The van der Waals surface area contributed by atoms with Crippen molar-refractivity contribution in [3.05, 3.63) is 47.7 Å². The van der Waals surface area contributed by atoms with E-state index < -0.39 is 0 Å². The Morgan fingerprint density at radius 3 is 2.09 bits per heavy atom. The molecule has 0 spiro atoms. The van der Waals surface area contributed by atoms with Crippen molar-refractivity contribution in [2.75, 3.05) is 54.6 Å². The number of ether oxygens (including phenoxy) is 4. The lowest BCUT2D eigenvalue weighted by Crippen LogP contribution is -2.50. The van der Waals surface area contributed by atoms with Gasteiger partial charge in [-0.25, -0.2) is 0 Å². The zero-order valence-electron chi connectivity index (χ0n) is 20.6. The van der Waals surface area contributed by atoms with Crippen molar-refractivity contribution in [2.45, 2.75) is 12.8 Å². The normalized spacial score (nSPS) is 13.6. The molecule has 1 aliphatic heterocycles. The van der Waals surface area contributed by atoms with E-state index in [9.17, 15) is 9.59 Å². The Bertz CT molecular complexity index is 1200. The third kappa shape index (κ3) is 4.99. The van der Waals surface area contributed by atoms with Crippen molar-refractivity contribution >= 4 is 22.7 Å². The van der Waals surface area contributed by atoms with Crippen molar-refractivity contribution in [3.8, 4) is 23.0 Å². The van der Waals surface area contributed by atoms with Gasteiger partial charge in [-0.1, -0.05) is 12.1 Å². The first-order chi connectivity index (χ1) is 17.0. The van der Waals surface area contributed by atoms with Gasteiger partial charge in [-0.3, -0.25) is 9.59 Å². The zero-order chi connectivity index (χ0) is 24.9. The fourth-order valence-corrected chi connectivity index (χ4v) is 4.38. The van der Waals surface area contributed by atoms with E-state index in [1.165, 1.54) is 0 Å². The number of nitrogens with one attached hydrogen (secondary N) is 1. The molecule has 1 aromatic heterocycles. The molecule has 0 aliphatic carbocycles. The summed E-state index contributed by atoms with van der Waals surface area (Å²) < 4.78 is 21.6. The number of hydrogen-bond donors (Lipinski definition) is 1. The van der Waals surface area contributed by atoms with Crippen LogP contribution >= 0.6 is 0 Å². The molecule has 2 heterocycles. The van der Waals surface area contributed by atoms with Crippen LogP contribution < -0.4 is 18.9 Å². The maximum atomic E-state index is 13.2.